The fourth-order valence-corrected chi connectivity index (χ4v) is 5.28. The topological polar surface area (TPSA) is 42.4 Å². The zero-order chi connectivity index (χ0) is 21.3. The summed E-state index contributed by atoms with van der Waals surface area (Å²) in [4.78, 5) is 6.84. The van der Waals surface area contributed by atoms with E-state index >= 15 is 0 Å². The Morgan fingerprint density at radius 1 is 1.23 bits per heavy atom. The van der Waals surface area contributed by atoms with Crippen molar-refractivity contribution in [1.29, 1.82) is 0 Å². The quantitative estimate of drug-likeness (QED) is 0.682. The monoisotopic (exact) mass is 430 g/mol. The molecular weight excluding hydrogens is 399 g/mol. The molecule has 0 amide bonds. The molecule has 0 aliphatic carbocycles. The molecule has 4 rings (SSSR count). The molecule has 2 unspecified atom stereocenters. The standard InChI is InChI=1S/C24H31FN2O2S/c1-24(2,25)16-27-10-8-19(9-11-27)22-13-20-12-21(26-14-23(20)29-22)18-6-4-17(5-7-18)15-30(3)28/h4-7,12,14,19,22H,8-11,13,15-16H2,1-3H3. The molecule has 0 N–H and O–H groups in total. The number of hydrogen-bond donors (Lipinski definition) is 0. The number of aromatic nitrogens is 1. The molecule has 1 aromatic carbocycles. The van der Waals surface area contributed by atoms with Gasteiger partial charge in [-0.25, -0.2) is 4.39 Å². The minimum absolute atomic E-state index is 0.194. The van der Waals surface area contributed by atoms with Crippen molar-refractivity contribution >= 4 is 10.8 Å². The van der Waals surface area contributed by atoms with Gasteiger partial charge in [0.1, 0.15) is 17.5 Å². The minimum Gasteiger partial charge on any atom is -0.488 e. The minimum atomic E-state index is -1.14. The van der Waals surface area contributed by atoms with Gasteiger partial charge in [-0.1, -0.05) is 24.3 Å². The Bertz CT molecular complexity index is 902. The summed E-state index contributed by atoms with van der Waals surface area (Å²) in [5.74, 6) is 1.98. The summed E-state index contributed by atoms with van der Waals surface area (Å²) in [6.45, 7) is 5.68. The van der Waals surface area contributed by atoms with Gasteiger partial charge in [-0.2, -0.15) is 0 Å². The van der Waals surface area contributed by atoms with Crippen LogP contribution >= 0.6 is 0 Å². The lowest BCUT2D eigenvalue weighted by Crippen LogP contribution is -2.43. The second-order valence-corrected chi connectivity index (χ2v) is 10.7. The molecule has 0 bridgehead atoms. The van der Waals surface area contributed by atoms with E-state index in [4.69, 9.17) is 4.74 Å². The Labute approximate surface area is 181 Å². The molecule has 162 valence electrons. The fourth-order valence-electron chi connectivity index (χ4n) is 4.61. The summed E-state index contributed by atoms with van der Waals surface area (Å²) in [6.07, 6.45) is 6.78. The van der Waals surface area contributed by atoms with Crippen LogP contribution in [0.5, 0.6) is 5.75 Å². The van der Waals surface area contributed by atoms with E-state index in [0.717, 1.165) is 54.9 Å². The van der Waals surface area contributed by atoms with Crippen molar-refractivity contribution in [2.75, 3.05) is 25.9 Å². The Kier molecular flexibility index (Phi) is 6.26. The normalized spacial score (nSPS) is 21.3. The third-order valence-electron chi connectivity index (χ3n) is 6.03. The lowest BCUT2D eigenvalue weighted by atomic mass is 9.88. The lowest BCUT2D eigenvalue weighted by molar-refractivity contribution is 0.0606. The van der Waals surface area contributed by atoms with Crippen LogP contribution in [0.25, 0.3) is 11.3 Å². The highest BCUT2D eigenvalue weighted by molar-refractivity contribution is 7.83. The molecule has 0 radical (unpaired) electrons. The maximum absolute atomic E-state index is 13.9. The van der Waals surface area contributed by atoms with E-state index in [9.17, 15) is 8.60 Å². The summed E-state index contributed by atoms with van der Waals surface area (Å²) in [6, 6.07) is 10.3. The first-order valence-electron chi connectivity index (χ1n) is 10.7. The van der Waals surface area contributed by atoms with Crippen LogP contribution in [0.4, 0.5) is 4.39 Å². The van der Waals surface area contributed by atoms with Gasteiger partial charge in [-0.3, -0.25) is 9.19 Å². The second kappa shape index (κ2) is 8.75. The van der Waals surface area contributed by atoms with Crippen LogP contribution in [0, 0.1) is 5.92 Å². The van der Waals surface area contributed by atoms with E-state index in [0.29, 0.717) is 18.2 Å². The molecule has 6 heteroatoms. The van der Waals surface area contributed by atoms with Crippen molar-refractivity contribution in [3.63, 3.8) is 0 Å². The second-order valence-electron chi connectivity index (χ2n) is 9.28. The summed E-state index contributed by atoms with van der Waals surface area (Å²) in [5, 5.41) is 0. The van der Waals surface area contributed by atoms with Crippen molar-refractivity contribution in [2.24, 2.45) is 5.92 Å². The summed E-state index contributed by atoms with van der Waals surface area (Å²) in [7, 11) is -0.836. The molecular formula is C24H31FN2O2S. The number of ether oxygens (including phenoxy) is 1. The zero-order valence-electron chi connectivity index (χ0n) is 18.1. The SMILES string of the molecule is CS(=O)Cc1ccc(-c2cc3c(cn2)OC(C2CCN(CC(C)(C)F)CC2)C3)cc1. The number of fused-ring (bicyclic) bond motifs is 1. The Hall–Kier alpha value is -1.79. The number of benzene rings is 1. The maximum atomic E-state index is 13.9. The van der Waals surface area contributed by atoms with Crippen molar-refractivity contribution in [3.05, 3.63) is 47.7 Å². The first-order chi connectivity index (χ1) is 14.3. The molecule has 4 nitrogen and oxygen atoms in total. The predicted octanol–water partition coefficient (Wildman–Crippen LogP) is 4.39. The van der Waals surface area contributed by atoms with Gasteiger partial charge in [-0.05, 0) is 57.3 Å². The Morgan fingerprint density at radius 2 is 1.93 bits per heavy atom. The van der Waals surface area contributed by atoms with E-state index < -0.39 is 16.5 Å². The molecule has 2 atom stereocenters. The van der Waals surface area contributed by atoms with Crippen molar-refractivity contribution in [3.8, 4) is 17.0 Å². The lowest BCUT2D eigenvalue weighted by Gasteiger charge is -2.36. The van der Waals surface area contributed by atoms with E-state index in [1.165, 1.54) is 5.56 Å². The van der Waals surface area contributed by atoms with Gasteiger partial charge < -0.3 is 9.64 Å². The molecule has 1 saturated heterocycles. The summed E-state index contributed by atoms with van der Waals surface area (Å²) < 4.78 is 31.6. The van der Waals surface area contributed by atoms with Crippen molar-refractivity contribution < 1.29 is 13.3 Å². The maximum Gasteiger partial charge on any atom is 0.141 e. The van der Waals surface area contributed by atoms with Gasteiger partial charge in [0, 0.05) is 46.9 Å². The molecule has 30 heavy (non-hydrogen) atoms. The Morgan fingerprint density at radius 3 is 2.57 bits per heavy atom. The largest absolute Gasteiger partial charge is 0.488 e. The third-order valence-corrected chi connectivity index (χ3v) is 6.76. The summed E-state index contributed by atoms with van der Waals surface area (Å²) in [5.41, 5.74) is 3.17. The molecule has 3 heterocycles. The number of rotatable bonds is 6. The van der Waals surface area contributed by atoms with E-state index in [-0.39, 0.29) is 6.10 Å². The number of halogens is 1. The van der Waals surface area contributed by atoms with Crippen LogP contribution in [0.2, 0.25) is 0 Å². The van der Waals surface area contributed by atoms with Gasteiger partial charge in [0.25, 0.3) is 0 Å². The highest BCUT2D eigenvalue weighted by atomic mass is 32.2. The average molecular weight is 431 g/mol. The molecule has 2 aliphatic heterocycles. The number of hydrogen-bond acceptors (Lipinski definition) is 4. The molecule has 0 saturated carbocycles. The number of nitrogens with zero attached hydrogens (tertiary/aromatic N) is 2. The number of alkyl halides is 1. The predicted molar refractivity (Wildman–Crippen MR) is 120 cm³/mol. The van der Waals surface area contributed by atoms with E-state index in [1.54, 1.807) is 20.1 Å². The molecule has 0 spiro atoms. The average Bonchev–Trinajstić information content (AvgIpc) is 3.11. The molecule has 1 fully saturated rings. The number of pyridine rings is 1. The fraction of sp³-hybridized carbons (Fsp3) is 0.542. The van der Waals surface area contributed by atoms with E-state index in [2.05, 4.69) is 16.0 Å². The van der Waals surface area contributed by atoms with Gasteiger partial charge in [0.15, 0.2) is 0 Å². The van der Waals surface area contributed by atoms with E-state index in [1.807, 2.05) is 30.5 Å². The van der Waals surface area contributed by atoms with Crippen molar-refractivity contribution in [2.45, 2.75) is 50.6 Å². The molecule has 1 aromatic heterocycles. The van der Waals surface area contributed by atoms with Crippen molar-refractivity contribution in [1.82, 2.24) is 9.88 Å². The molecule has 2 aromatic rings. The van der Waals surface area contributed by atoms with Crippen LogP contribution in [-0.4, -0.2) is 51.8 Å². The van der Waals surface area contributed by atoms with Crippen LogP contribution < -0.4 is 4.74 Å². The zero-order valence-corrected chi connectivity index (χ0v) is 18.9. The molecule has 2 aliphatic rings. The van der Waals surface area contributed by atoms with Crippen LogP contribution in [0.15, 0.2) is 36.5 Å². The number of likely N-dealkylation sites (tertiary alicyclic amines) is 1. The van der Waals surface area contributed by atoms with Gasteiger partial charge in [0.2, 0.25) is 0 Å². The van der Waals surface area contributed by atoms with Crippen LogP contribution in [-0.2, 0) is 23.0 Å². The first-order valence-corrected chi connectivity index (χ1v) is 12.5. The van der Waals surface area contributed by atoms with Crippen LogP contribution in [0.1, 0.15) is 37.8 Å². The highest BCUT2D eigenvalue weighted by Gasteiger charge is 2.34. The van der Waals surface area contributed by atoms with Gasteiger partial charge in [0.05, 0.1) is 11.9 Å². The summed E-state index contributed by atoms with van der Waals surface area (Å²) >= 11 is 0. The Balaban J connectivity index is 1.38. The highest BCUT2D eigenvalue weighted by Crippen LogP contribution is 2.36. The first kappa shape index (κ1) is 21.4. The smallest absolute Gasteiger partial charge is 0.141 e. The van der Waals surface area contributed by atoms with Gasteiger partial charge in [-0.15, -0.1) is 0 Å². The van der Waals surface area contributed by atoms with Gasteiger partial charge >= 0.3 is 0 Å². The number of piperidine rings is 1. The van der Waals surface area contributed by atoms with Crippen LogP contribution in [0.3, 0.4) is 0 Å². The third kappa shape index (κ3) is 5.27.